The van der Waals surface area contributed by atoms with Gasteiger partial charge in [0.05, 0.1) is 5.69 Å². The van der Waals surface area contributed by atoms with Gasteiger partial charge in [-0.1, -0.05) is 11.6 Å². The summed E-state index contributed by atoms with van der Waals surface area (Å²) in [7, 11) is 0. The molecule has 0 radical (unpaired) electrons. The Bertz CT molecular complexity index is 357. The minimum atomic E-state index is -0.858. The van der Waals surface area contributed by atoms with E-state index in [2.05, 4.69) is 5.32 Å². The summed E-state index contributed by atoms with van der Waals surface area (Å²) < 4.78 is 13.1. The van der Waals surface area contributed by atoms with Crippen molar-refractivity contribution in [3.63, 3.8) is 0 Å². The highest BCUT2D eigenvalue weighted by atomic mass is 35.5. The fraction of sp³-hybridized carbons (Fsp3) is 0.300. The van der Waals surface area contributed by atoms with E-state index in [9.17, 15) is 9.18 Å². The Kier molecular flexibility index (Phi) is 4.37. The Morgan fingerprint density at radius 1 is 1.53 bits per heavy atom. The van der Waals surface area contributed by atoms with Crippen LogP contribution in [0.3, 0.4) is 0 Å². The monoisotopic (exact) mass is 231 g/mol. The summed E-state index contributed by atoms with van der Waals surface area (Å²) in [4.78, 5) is 10.2. The maximum Gasteiger partial charge on any atom is 0.303 e. The highest BCUT2D eigenvalue weighted by Crippen LogP contribution is 2.19. The molecule has 5 heteroatoms. The van der Waals surface area contributed by atoms with Crippen molar-refractivity contribution in [2.45, 2.75) is 12.8 Å². The summed E-state index contributed by atoms with van der Waals surface area (Å²) >= 11 is 5.68. The molecule has 3 nitrogen and oxygen atoms in total. The molecule has 0 amide bonds. The lowest BCUT2D eigenvalue weighted by Gasteiger charge is -2.06. The van der Waals surface area contributed by atoms with Crippen molar-refractivity contribution in [3.8, 4) is 0 Å². The molecule has 0 unspecified atom stereocenters. The van der Waals surface area contributed by atoms with Crippen LogP contribution in [0.4, 0.5) is 10.1 Å². The summed E-state index contributed by atoms with van der Waals surface area (Å²) in [5.41, 5.74) is 0.299. The Hall–Kier alpha value is -1.29. The van der Waals surface area contributed by atoms with Gasteiger partial charge >= 0.3 is 5.97 Å². The van der Waals surface area contributed by atoms with E-state index < -0.39 is 11.8 Å². The predicted molar refractivity (Wildman–Crippen MR) is 56.8 cm³/mol. The molecule has 0 heterocycles. The summed E-state index contributed by atoms with van der Waals surface area (Å²) in [5, 5.41) is 11.6. The fourth-order valence-electron chi connectivity index (χ4n) is 1.10. The zero-order chi connectivity index (χ0) is 11.3. The second kappa shape index (κ2) is 5.56. The van der Waals surface area contributed by atoms with Gasteiger partial charge < -0.3 is 10.4 Å². The second-order valence-corrected chi connectivity index (χ2v) is 3.48. The van der Waals surface area contributed by atoms with Crippen LogP contribution in [-0.4, -0.2) is 17.6 Å². The molecule has 0 aliphatic heterocycles. The van der Waals surface area contributed by atoms with Gasteiger partial charge in [-0.25, -0.2) is 4.39 Å². The van der Waals surface area contributed by atoms with Gasteiger partial charge in [-0.2, -0.15) is 0 Å². The van der Waals surface area contributed by atoms with Crippen molar-refractivity contribution in [2.24, 2.45) is 0 Å². The van der Waals surface area contributed by atoms with Gasteiger partial charge in [-0.3, -0.25) is 4.79 Å². The molecule has 2 N–H and O–H groups in total. The smallest absolute Gasteiger partial charge is 0.303 e. The third kappa shape index (κ3) is 4.16. The topological polar surface area (TPSA) is 49.3 Å². The highest BCUT2D eigenvalue weighted by Gasteiger charge is 2.02. The molecule has 0 atom stereocenters. The molecule has 0 aromatic heterocycles. The van der Waals surface area contributed by atoms with Crippen molar-refractivity contribution in [3.05, 3.63) is 29.0 Å². The van der Waals surface area contributed by atoms with Crippen molar-refractivity contribution in [1.29, 1.82) is 0 Å². The first-order chi connectivity index (χ1) is 7.09. The molecular formula is C10H11ClFNO2. The zero-order valence-corrected chi connectivity index (χ0v) is 8.72. The van der Waals surface area contributed by atoms with Gasteiger partial charge in [0.2, 0.25) is 0 Å². The van der Waals surface area contributed by atoms with Gasteiger partial charge in [0.15, 0.2) is 0 Å². The number of aliphatic carboxylic acids is 1. The number of carboxylic acids is 1. The summed E-state index contributed by atoms with van der Waals surface area (Å²) in [6, 6.07) is 4.19. The number of hydrogen-bond acceptors (Lipinski definition) is 2. The van der Waals surface area contributed by atoms with Crippen LogP contribution in [0.1, 0.15) is 12.8 Å². The molecule has 0 aliphatic rings. The third-order valence-electron chi connectivity index (χ3n) is 1.81. The number of benzene rings is 1. The highest BCUT2D eigenvalue weighted by molar-refractivity contribution is 6.30. The van der Waals surface area contributed by atoms with Gasteiger partial charge in [-0.15, -0.1) is 0 Å². The number of anilines is 1. The predicted octanol–water partition coefficient (Wildman–Crippen LogP) is 2.76. The van der Waals surface area contributed by atoms with E-state index >= 15 is 0 Å². The normalized spacial score (nSPS) is 10.0. The molecule has 0 spiro atoms. The lowest BCUT2D eigenvalue weighted by molar-refractivity contribution is -0.137. The Balaban J connectivity index is 2.43. The van der Waals surface area contributed by atoms with Crippen LogP contribution in [0.15, 0.2) is 18.2 Å². The van der Waals surface area contributed by atoms with Crippen molar-refractivity contribution in [1.82, 2.24) is 0 Å². The Morgan fingerprint density at radius 2 is 2.27 bits per heavy atom. The molecule has 0 bridgehead atoms. The van der Waals surface area contributed by atoms with Crippen LogP contribution in [0.2, 0.25) is 5.02 Å². The van der Waals surface area contributed by atoms with Crippen molar-refractivity contribution < 1.29 is 14.3 Å². The minimum Gasteiger partial charge on any atom is -0.481 e. The molecule has 1 rings (SSSR count). The van der Waals surface area contributed by atoms with Gasteiger partial charge in [-0.05, 0) is 24.6 Å². The molecular weight excluding hydrogens is 221 g/mol. The first-order valence-electron chi connectivity index (χ1n) is 4.50. The Morgan fingerprint density at radius 3 is 2.93 bits per heavy atom. The molecule has 15 heavy (non-hydrogen) atoms. The van der Waals surface area contributed by atoms with Crippen LogP contribution in [0, 0.1) is 5.82 Å². The van der Waals surface area contributed by atoms with Crippen LogP contribution in [0.25, 0.3) is 0 Å². The molecule has 0 fully saturated rings. The molecule has 1 aromatic rings. The SMILES string of the molecule is O=C(O)CCCNc1cc(Cl)ccc1F. The first kappa shape index (κ1) is 11.8. The molecule has 1 aromatic carbocycles. The van der Waals surface area contributed by atoms with E-state index in [1.54, 1.807) is 0 Å². The van der Waals surface area contributed by atoms with Gasteiger partial charge in [0.25, 0.3) is 0 Å². The Labute approximate surface area is 91.9 Å². The van der Waals surface area contributed by atoms with E-state index in [4.69, 9.17) is 16.7 Å². The average Bonchev–Trinajstić information content (AvgIpc) is 2.17. The first-order valence-corrected chi connectivity index (χ1v) is 4.88. The van der Waals surface area contributed by atoms with Gasteiger partial charge in [0, 0.05) is 18.0 Å². The third-order valence-corrected chi connectivity index (χ3v) is 2.05. The molecule has 82 valence electrons. The van der Waals surface area contributed by atoms with E-state index in [1.807, 2.05) is 0 Å². The maximum atomic E-state index is 13.1. The molecule has 0 saturated carbocycles. The average molecular weight is 232 g/mol. The maximum absolute atomic E-state index is 13.1. The summed E-state index contributed by atoms with van der Waals surface area (Å²) in [5.74, 6) is -1.25. The zero-order valence-electron chi connectivity index (χ0n) is 7.96. The molecule has 0 saturated heterocycles. The number of halogens is 2. The van der Waals surface area contributed by atoms with Crippen molar-refractivity contribution in [2.75, 3.05) is 11.9 Å². The fourth-order valence-corrected chi connectivity index (χ4v) is 1.27. The van der Waals surface area contributed by atoms with E-state index in [0.29, 0.717) is 23.7 Å². The number of carbonyl (C=O) groups is 1. The van der Waals surface area contributed by atoms with Crippen LogP contribution >= 0.6 is 11.6 Å². The number of carboxylic acid groups (broad SMARTS) is 1. The van der Waals surface area contributed by atoms with E-state index in [-0.39, 0.29) is 6.42 Å². The van der Waals surface area contributed by atoms with Crippen LogP contribution in [-0.2, 0) is 4.79 Å². The van der Waals surface area contributed by atoms with Gasteiger partial charge in [0.1, 0.15) is 5.82 Å². The lowest BCUT2D eigenvalue weighted by atomic mass is 10.2. The number of rotatable bonds is 5. The quantitative estimate of drug-likeness (QED) is 0.766. The standard InChI is InChI=1S/C10H11ClFNO2/c11-7-3-4-8(12)9(6-7)13-5-1-2-10(14)15/h3-4,6,13H,1-2,5H2,(H,14,15). The van der Waals surface area contributed by atoms with E-state index in [0.717, 1.165) is 0 Å². The number of nitrogens with one attached hydrogen (secondary N) is 1. The largest absolute Gasteiger partial charge is 0.481 e. The molecule has 0 aliphatic carbocycles. The van der Waals surface area contributed by atoms with Crippen LogP contribution in [0.5, 0.6) is 0 Å². The van der Waals surface area contributed by atoms with E-state index in [1.165, 1.54) is 18.2 Å². The summed E-state index contributed by atoms with van der Waals surface area (Å²) in [6.45, 7) is 0.406. The van der Waals surface area contributed by atoms with Crippen LogP contribution < -0.4 is 5.32 Å². The van der Waals surface area contributed by atoms with Crippen molar-refractivity contribution >= 4 is 23.3 Å². The lowest BCUT2D eigenvalue weighted by Crippen LogP contribution is -2.06. The number of hydrogen-bond donors (Lipinski definition) is 2. The second-order valence-electron chi connectivity index (χ2n) is 3.05. The summed E-state index contributed by atoms with van der Waals surface area (Å²) in [6.07, 6.45) is 0.510. The minimum absolute atomic E-state index is 0.0647.